The van der Waals surface area contributed by atoms with Gasteiger partial charge in [-0.05, 0) is 55.0 Å². The van der Waals surface area contributed by atoms with Crippen LogP contribution in [0.1, 0.15) is 44.4 Å². The van der Waals surface area contributed by atoms with E-state index in [1.54, 1.807) is 6.07 Å². The molecule has 1 unspecified atom stereocenters. The van der Waals surface area contributed by atoms with Gasteiger partial charge in [0.1, 0.15) is 5.58 Å². The van der Waals surface area contributed by atoms with Gasteiger partial charge < -0.3 is 14.3 Å². The monoisotopic (exact) mass is 394 g/mol. The number of aliphatic carboxylic acids is 1. The number of aryl methyl sites for hydroxylation is 2. The molecule has 1 aromatic heterocycles. The standard InChI is InChI=1S/C24H26O5/c1-13-11-18-19(12-14(13)2)29-21(22(20(18)25)28-15(3)23(26)27)16-7-9-17(10-8-16)24(4,5)6/h7-12,15H,1-6H3,(H,26,27). The SMILES string of the molecule is Cc1cc2oc(-c3ccc(C(C)(C)C)cc3)c(OC(C)C(=O)O)c(=O)c2cc1C. The summed E-state index contributed by atoms with van der Waals surface area (Å²) in [5.41, 5.74) is 3.79. The number of hydrogen-bond donors (Lipinski definition) is 1. The van der Waals surface area contributed by atoms with Gasteiger partial charge in [-0.15, -0.1) is 0 Å². The van der Waals surface area contributed by atoms with E-state index < -0.39 is 12.1 Å². The van der Waals surface area contributed by atoms with Gasteiger partial charge in [0, 0.05) is 5.56 Å². The van der Waals surface area contributed by atoms with E-state index in [4.69, 9.17) is 9.15 Å². The van der Waals surface area contributed by atoms with E-state index >= 15 is 0 Å². The number of carboxylic acids is 1. The molecule has 0 aliphatic carbocycles. The highest BCUT2D eigenvalue weighted by molar-refractivity contribution is 5.84. The van der Waals surface area contributed by atoms with E-state index in [0.29, 0.717) is 16.5 Å². The summed E-state index contributed by atoms with van der Waals surface area (Å²) in [6, 6.07) is 11.3. The molecule has 152 valence electrons. The minimum atomic E-state index is -1.19. The molecule has 1 heterocycles. The van der Waals surface area contributed by atoms with Gasteiger partial charge in [0.25, 0.3) is 0 Å². The largest absolute Gasteiger partial charge is 0.479 e. The van der Waals surface area contributed by atoms with Crippen molar-refractivity contribution in [2.75, 3.05) is 0 Å². The van der Waals surface area contributed by atoms with Crippen molar-refractivity contribution in [1.29, 1.82) is 0 Å². The Morgan fingerprint density at radius 1 is 1.07 bits per heavy atom. The van der Waals surface area contributed by atoms with Gasteiger partial charge in [0.15, 0.2) is 11.9 Å². The number of ether oxygens (including phenoxy) is 1. The molecule has 1 N–H and O–H groups in total. The average Bonchev–Trinajstić information content (AvgIpc) is 2.64. The molecule has 5 nitrogen and oxygen atoms in total. The molecule has 3 aromatic rings. The van der Waals surface area contributed by atoms with Crippen molar-refractivity contribution in [2.45, 2.75) is 53.1 Å². The highest BCUT2D eigenvalue weighted by Crippen LogP contribution is 2.34. The molecule has 0 radical (unpaired) electrons. The Labute approximate surface area is 169 Å². The third-order valence-electron chi connectivity index (χ3n) is 5.12. The van der Waals surface area contributed by atoms with E-state index in [2.05, 4.69) is 20.8 Å². The van der Waals surface area contributed by atoms with Gasteiger partial charge >= 0.3 is 5.97 Å². The van der Waals surface area contributed by atoms with E-state index in [1.807, 2.05) is 44.2 Å². The quantitative estimate of drug-likeness (QED) is 0.656. The summed E-state index contributed by atoms with van der Waals surface area (Å²) in [6.45, 7) is 11.6. The second kappa shape index (κ2) is 7.39. The van der Waals surface area contributed by atoms with Gasteiger partial charge in [0.05, 0.1) is 5.39 Å². The van der Waals surface area contributed by atoms with E-state index in [0.717, 1.165) is 16.7 Å². The Kier molecular flexibility index (Phi) is 5.26. The normalized spacial score (nSPS) is 12.8. The summed E-state index contributed by atoms with van der Waals surface area (Å²) in [4.78, 5) is 24.5. The third-order valence-corrected chi connectivity index (χ3v) is 5.12. The zero-order valence-electron chi connectivity index (χ0n) is 17.6. The number of carbonyl (C=O) groups is 1. The lowest BCUT2D eigenvalue weighted by Gasteiger charge is -2.19. The Bertz CT molecular complexity index is 1130. The predicted octanol–water partition coefficient (Wildman–Crippen LogP) is 5.23. The molecular weight excluding hydrogens is 368 g/mol. The first-order valence-electron chi connectivity index (χ1n) is 9.57. The van der Waals surface area contributed by atoms with Crippen LogP contribution in [0, 0.1) is 13.8 Å². The molecular formula is C24H26O5. The van der Waals surface area contributed by atoms with Crippen LogP contribution in [0.2, 0.25) is 0 Å². The molecule has 0 saturated heterocycles. The van der Waals surface area contributed by atoms with Crippen LogP contribution < -0.4 is 10.2 Å². The average molecular weight is 394 g/mol. The zero-order chi connectivity index (χ0) is 21.5. The molecule has 29 heavy (non-hydrogen) atoms. The molecule has 2 aromatic carbocycles. The maximum absolute atomic E-state index is 13.2. The Balaban J connectivity index is 2.27. The molecule has 0 saturated carbocycles. The summed E-state index contributed by atoms with van der Waals surface area (Å²) in [5.74, 6) is -1.00. The minimum Gasteiger partial charge on any atom is -0.479 e. The molecule has 3 rings (SSSR count). The van der Waals surface area contributed by atoms with Crippen LogP contribution in [0.4, 0.5) is 0 Å². The number of fused-ring (bicyclic) bond motifs is 1. The van der Waals surface area contributed by atoms with E-state index in [1.165, 1.54) is 6.92 Å². The third kappa shape index (κ3) is 4.04. The van der Waals surface area contributed by atoms with Crippen molar-refractivity contribution < 1.29 is 19.1 Å². The summed E-state index contributed by atoms with van der Waals surface area (Å²) in [6.07, 6.45) is -1.19. The minimum absolute atomic E-state index is 0.0193. The Morgan fingerprint density at radius 3 is 2.21 bits per heavy atom. The van der Waals surface area contributed by atoms with E-state index in [-0.39, 0.29) is 22.4 Å². The lowest BCUT2D eigenvalue weighted by molar-refractivity contribution is -0.144. The first-order chi connectivity index (χ1) is 13.5. The molecule has 5 heteroatoms. The Hall–Kier alpha value is -3.08. The van der Waals surface area contributed by atoms with Crippen molar-refractivity contribution in [3.05, 3.63) is 63.3 Å². The molecule has 1 atom stereocenters. The number of hydrogen-bond acceptors (Lipinski definition) is 4. The number of carboxylic acid groups (broad SMARTS) is 1. The topological polar surface area (TPSA) is 76.7 Å². The fraction of sp³-hybridized carbons (Fsp3) is 0.333. The van der Waals surface area contributed by atoms with Gasteiger partial charge in [-0.2, -0.15) is 0 Å². The fourth-order valence-corrected chi connectivity index (χ4v) is 3.08. The van der Waals surface area contributed by atoms with Crippen molar-refractivity contribution in [2.24, 2.45) is 0 Å². The van der Waals surface area contributed by atoms with Gasteiger partial charge in [-0.25, -0.2) is 4.79 Å². The van der Waals surface area contributed by atoms with Crippen LogP contribution in [-0.2, 0) is 10.2 Å². The summed E-state index contributed by atoms with van der Waals surface area (Å²) in [7, 11) is 0. The molecule has 0 fully saturated rings. The molecule has 0 spiro atoms. The maximum atomic E-state index is 13.2. The molecule has 0 bridgehead atoms. The summed E-state index contributed by atoms with van der Waals surface area (Å²) < 4.78 is 11.6. The lowest BCUT2D eigenvalue weighted by atomic mass is 9.86. The van der Waals surface area contributed by atoms with Crippen LogP contribution >= 0.6 is 0 Å². The van der Waals surface area contributed by atoms with E-state index in [9.17, 15) is 14.7 Å². The van der Waals surface area contributed by atoms with Crippen LogP contribution in [0.5, 0.6) is 5.75 Å². The van der Waals surface area contributed by atoms with Crippen LogP contribution in [0.15, 0.2) is 45.6 Å². The first-order valence-corrected chi connectivity index (χ1v) is 9.57. The highest BCUT2D eigenvalue weighted by atomic mass is 16.5. The van der Waals surface area contributed by atoms with Crippen LogP contribution in [0.3, 0.4) is 0 Å². The smallest absolute Gasteiger partial charge is 0.344 e. The fourth-order valence-electron chi connectivity index (χ4n) is 3.08. The molecule has 0 aliphatic heterocycles. The second-order valence-electron chi connectivity index (χ2n) is 8.45. The first kappa shape index (κ1) is 20.6. The predicted molar refractivity (Wildman–Crippen MR) is 114 cm³/mol. The van der Waals surface area contributed by atoms with Gasteiger partial charge in [-0.3, -0.25) is 4.79 Å². The van der Waals surface area contributed by atoms with Gasteiger partial charge in [0.2, 0.25) is 11.2 Å². The van der Waals surface area contributed by atoms with Crippen molar-refractivity contribution in [1.82, 2.24) is 0 Å². The number of benzene rings is 2. The Morgan fingerprint density at radius 2 is 1.66 bits per heavy atom. The van der Waals surface area contributed by atoms with Crippen LogP contribution in [-0.4, -0.2) is 17.2 Å². The molecule has 0 aliphatic rings. The van der Waals surface area contributed by atoms with Crippen LogP contribution in [0.25, 0.3) is 22.3 Å². The lowest BCUT2D eigenvalue weighted by Crippen LogP contribution is -2.26. The van der Waals surface area contributed by atoms with Crippen molar-refractivity contribution in [3.8, 4) is 17.1 Å². The van der Waals surface area contributed by atoms with Gasteiger partial charge in [-0.1, -0.05) is 45.0 Å². The number of rotatable bonds is 4. The summed E-state index contributed by atoms with van der Waals surface area (Å²) >= 11 is 0. The summed E-state index contributed by atoms with van der Waals surface area (Å²) in [5, 5.41) is 9.63. The maximum Gasteiger partial charge on any atom is 0.344 e. The van der Waals surface area contributed by atoms with Crippen molar-refractivity contribution >= 4 is 16.9 Å². The highest BCUT2D eigenvalue weighted by Gasteiger charge is 2.23. The van der Waals surface area contributed by atoms with Crippen molar-refractivity contribution in [3.63, 3.8) is 0 Å². The zero-order valence-corrected chi connectivity index (χ0v) is 17.6. The second-order valence-corrected chi connectivity index (χ2v) is 8.45. The molecule has 0 amide bonds.